The lowest BCUT2D eigenvalue weighted by molar-refractivity contribution is 0.239. The summed E-state index contributed by atoms with van der Waals surface area (Å²) in [5, 5.41) is 3.58. The second-order valence-electron chi connectivity index (χ2n) is 5.65. The zero-order valence-electron chi connectivity index (χ0n) is 11.2. The van der Waals surface area contributed by atoms with Gasteiger partial charge in [0.05, 0.1) is 12.3 Å². The number of rotatable bonds is 5. The molecule has 1 aromatic rings. The van der Waals surface area contributed by atoms with Gasteiger partial charge in [0.15, 0.2) is 0 Å². The van der Waals surface area contributed by atoms with Gasteiger partial charge in [-0.25, -0.2) is 0 Å². The fourth-order valence-electron chi connectivity index (χ4n) is 1.56. The molecule has 0 saturated heterocycles. The number of furan rings is 1. The van der Waals surface area contributed by atoms with Crippen molar-refractivity contribution in [1.29, 1.82) is 0 Å². The van der Waals surface area contributed by atoms with Crippen LogP contribution in [0.3, 0.4) is 0 Å². The van der Waals surface area contributed by atoms with Gasteiger partial charge in [-0.1, -0.05) is 34.6 Å². The lowest BCUT2D eigenvalue weighted by atomic mass is 9.82. The summed E-state index contributed by atoms with van der Waals surface area (Å²) in [7, 11) is 0. The van der Waals surface area contributed by atoms with Gasteiger partial charge in [0.2, 0.25) is 0 Å². The summed E-state index contributed by atoms with van der Waals surface area (Å²) in [4.78, 5) is 0. The van der Waals surface area contributed by atoms with Gasteiger partial charge < -0.3 is 9.73 Å². The number of hydrogen-bond donors (Lipinski definition) is 1. The molecule has 0 fully saturated rings. The van der Waals surface area contributed by atoms with E-state index in [-0.39, 0.29) is 0 Å². The van der Waals surface area contributed by atoms with E-state index < -0.39 is 0 Å². The minimum Gasteiger partial charge on any atom is -0.468 e. The number of nitrogens with one attached hydrogen (secondary N) is 1. The van der Waals surface area contributed by atoms with E-state index in [0.29, 0.717) is 17.4 Å². The van der Waals surface area contributed by atoms with Crippen LogP contribution >= 0.6 is 0 Å². The molecule has 0 aliphatic rings. The fourth-order valence-corrected chi connectivity index (χ4v) is 1.56. The van der Waals surface area contributed by atoms with Gasteiger partial charge in [0, 0.05) is 0 Å². The Bertz CT molecular complexity index is 284. The van der Waals surface area contributed by atoms with E-state index in [1.807, 2.05) is 12.1 Å². The van der Waals surface area contributed by atoms with Crippen LogP contribution in [0.4, 0.5) is 0 Å². The Hall–Kier alpha value is -0.760. The van der Waals surface area contributed by atoms with Crippen LogP contribution in [0.2, 0.25) is 0 Å². The van der Waals surface area contributed by atoms with Crippen LogP contribution in [0.5, 0.6) is 0 Å². The normalized spacial score (nSPS) is 16.1. The highest BCUT2D eigenvalue weighted by Gasteiger charge is 2.21. The van der Waals surface area contributed by atoms with Gasteiger partial charge in [0.25, 0.3) is 0 Å². The molecule has 1 heterocycles. The predicted octanol–water partition coefficient (Wildman–Crippen LogP) is 4.00. The standard InChI is InChI=1S/C14H25NO/c1-6-12(13-8-7-9-16-13)15-10-11(2)14(3,4)5/h7-9,11-12,15H,6,10H2,1-5H3. The van der Waals surface area contributed by atoms with Crippen LogP contribution in [0.25, 0.3) is 0 Å². The van der Waals surface area contributed by atoms with Crippen molar-refractivity contribution in [3.05, 3.63) is 24.2 Å². The molecule has 0 amide bonds. The Balaban J connectivity index is 2.47. The third-order valence-corrected chi connectivity index (χ3v) is 3.44. The average molecular weight is 223 g/mol. The maximum Gasteiger partial charge on any atom is 0.120 e. The molecule has 1 aromatic heterocycles. The SMILES string of the molecule is CCC(NCC(C)C(C)(C)C)c1ccco1. The molecule has 2 nitrogen and oxygen atoms in total. The summed E-state index contributed by atoms with van der Waals surface area (Å²) in [6.07, 6.45) is 2.80. The van der Waals surface area contributed by atoms with Crippen LogP contribution < -0.4 is 5.32 Å². The Kier molecular flexibility index (Phi) is 4.60. The molecule has 0 bridgehead atoms. The first-order valence-electron chi connectivity index (χ1n) is 6.22. The molecule has 2 heteroatoms. The molecule has 0 spiro atoms. The molecule has 92 valence electrons. The van der Waals surface area contributed by atoms with Gasteiger partial charge in [-0.3, -0.25) is 0 Å². The lowest BCUT2D eigenvalue weighted by Gasteiger charge is -2.29. The fraction of sp³-hybridized carbons (Fsp3) is 0.714. The summed E-state index contributed by atoms with van der Waals surface area (Å²) in [5.41, 5.74) is 0.356. The van der Waals surface area contributed by atoms with E-state index in [2.05, 4.69) is 39.9 Å². The van der Waals surface area contributed by atoms with Gasteiger partial charge in [0.1, 0.15) is 5.76 Å². The number of hydrogen-bond acceptors (Lipinski definition) is 2. The Labute approximate surface area is 99.4 Å². The largest absolute Gasteiger partial charge is 0.468 e. The average Bonchev–Trinajstić information content (AvgIpc) is 2.70. The first-order valence-corrected chi connectivity index (χ1v) is 6.22. The highest BCUT2D eigenvalue weighted by Crippen LogP contribution is 2.26. The third kappa shape index (κ3) is 3.67. The van der Waals surface area contributed by atoms with E-state index in [9.17, 15) is 0 Å². The van der Waals surface area contributed by atoms with Crippen molar-refractivity contribution in [3.63, 3.8) is 0 Å². The molecule has 16 heavy (non-hydrogen) atoms. The van der Waals surface area contributed by atoms with Crippen molar-refractivity contribution in [3.8, 4) is 0 Å². The Morgan fingerprint density at radius 1 is 1.38 bits per heavy atom. The molecule has 0 radical (unpaired) electrons. The topological polar surface area (TPSA) is 25.2 Å². The molecule has 1 rings (SSSR count). The highest BCUT2D eigenvalue weighted by atomic mass is 16.3. The van der Waals surface area contributed by atoms with Crippen LogP contribution in [0, 0.1) is 11.3 Å². The predicted molar refractivity (Wildman–Crippen MR) is 68.4 cm³/mol. The minimum absolute atomic E-state index is 0.347. The Morgan fingerprint density at radius 3 is 2.50 bits per heavy atom. The quantitative estimate of drug-likeness (QED) is 0.816. The molecule has 2 unspecified atom stereocenters. The summed E-state index contributed by atoms with van der Waals surface area (Å²) in [5.74, 6) is 1.69. The van der Waals surface area contributed by atoms with Crippen molar-refractivity contribution in [2.24, 2.45) is 11.3 Å². The molecule has 0 saturated carbocycles. The van der Waals surface area contributed by atoms with Crippen LogP contribution in [0.1, 0.15) is 52.8 Å². The van der Waals surface area contributed by atoms with E-state index in [0.717, 1.165) is 18.7 Å². The smallest absolute Gasteiger partial charge is 0.120 e. The highest BCUT2D eigenvalue weighted by molar-refractivity contribution is 5.04. The van der Waals surface area contributed by atoms with E-state index in [1.165, 1.54) is 0 Å². The first kappa shape index (κ1) is 13.3. The summed E-state index contributed by atoms with van der Waals surface area (Å²) < 4.78 is 5.44. The maximum absolute atomic E-state index is 5.44. The Morgan fingerprint density at radius 2 is 2.06 bits per heavy atom. The van der Waals surface area contributed by atoms with Gasteiger partial charge in [-0.15, -0.1) is 0 Å². The minimum atomic E-state index is 0.347. The molecule has 2 atom stereocenters. The monoisotopic (exact) mass is 223 g/mol. The summed E-state index contributed by atoms with van der Waals surface area (Å²) in [6, 6.07) is 4.34. The van der Waals surface area contributed by atoms with Crippen LogP contribution in [-0.4, -0.2) is 6.54 Å². The zero-order valence-corrected chi connectivity index (χ0v) is 11.2. The lowest BCUT2D eigenvalue weighted by Crippen LogP contribution is -2.32. The molecule has 0 aromatic carbocycles. The zero-order chi connectivity index (χ0) is 12.2. The van der Waals surface area contributed by atoms with E-state index >= 15 is 0 Å². The van der Waals surface area contributed by atoms with Crippen molar-refractivity contribution < 1.29 is 4.42 Å². The molecular formula is C14H25NO. The van der Waals surface area contributed by atoms with Gasteiger partial charge in [-0.05, 0) is 36.4 Å². The molecule has 0 aliphatic carbocycles. The summed E-state index contributed by atoms with van der Waals surface area (Å²) in [6.45, 7) is 12.4. The molecular weight excluding hydrogens is 198 g/mol. The van der Waals surface area contributed by atoms with Gasteiger partial charge >= 0.3 is 0 Å². The maximum atomic E-state index is 5.44. The van der Waals surface area contributed by atoms with Gasteiger partial charge in [-0.2, -0.15) is 0 Å². The summed E-state index contributed by atoms with van der Waals surface area (Å²) >= 11 is 0. The van der Waals surface area contributed by atoms with Crippen molar-refractivity contribution >= 4 is 0 Å². The van der Waals surface area contributed by atoms with Crippen LogP contribution in [0.15, 0.2) is 22.8 Å². The first-order chi connectivity index (χ1) is 7.45. The van der Waals surface area contributed by atoms with Crippen LogP contribution in [-0.2, 0) is 0 Å². The van der Waals surface area contributed by atoms with Crippen molar-refractivity contribution in [2.75, 3.05) is 6.54 Å². The molecule has 0 aliphatic heterocycles. The van der Waals surface area contributed by atoms with E-state index in [4.69, 9.17) is 4.42 Å². The van der Waals surface area contributed by atoms with Crippen molar-refractivity contribution in [2.45, 2.75) is 47.1 Å². The van der Waals surface area contributed by atoms with Crippen molar-refractivity contribution in [1.82, 2.24) is 5.32 Å². The molecule has 1 N–H and O–H groups in total. The second kappa shape index (κ2) is 5.53. The third-order valence-electron chi connectivity index (χ3n) is 3.44. The van der Waals surface area contributed by atoms with E-state index in [1.54, 1.807) is 6.26 Å². The second-order valence-corrected chi connectivity index (χ2v) is 5.65.